The number of hydrogen-bond donors (Lipinski definition) is 1. The molecule has 92 valence electrons. The van der Waals surface area contributed by atoms with Crippen molar-refractivity contribution in [2.45, 2.75) is 6.42 Å². The first-order valence-corrected chi connectivity index (χ1v) is 5.94. The molecule has 0 aliphatic heterocycles. The molecule has 2 heterocycles. The predicted molar refractivity (Wildman–Crippen MR) is 70.9 cm³/mol. The molecule has 0 unspecified atom stereocenters. The normalized spacial score (nSPS) is 10.1. The van der Waals surface area contributed by atoms with E-state index in [1.807, 2.05) is 6.07 Å². The van der Waals surface area contributed by atoms with E-state index >= 15 is 0 Å². The Kier molecular flexibility index (Phi) is 4.25. The molecule has 0 radical (unpaired) electrons. The van der Waals surface area contributed by atoms with Gasteiger partial charge in [0.25, 0.3) is 0 Å². The van der Waals surface area contributed by atoms with Crippen molar-refractivity contribution in [2.24, 2.45) is 0 Å². The molecule has 0 saturated carbocycles. The molecule has 2 aromatic rings. The number of carbonyl (C=O) groups excluding carboxylic acids is 1. The van der Waals surface area contributed by atoms with Gasteiger partial charge in [0.1, 0.15) is 5.69 Å². The summed E-state index contributed by atoms with van der Waals surface area (Å²) in [7, 11) is 0. The van der Waals surface area contributed by atoms with Crippen molar-refractivity contribution < 1.29 is 4.79 Å². The minimum absolute atomic E-state index is 0.00288. The van der Waals surface area contributed by atoms with Crippen LogP contribution in [0.2, 0.25) is 5.15 Å². The van der Waals surface area contributed by atoms with Crippen LogP contribution in [0.5, 0.6) is 0 Å². The molecular weight excluding hydrogens is 250 g/mol. The van der Waals surface area contributed by atoms with E-state index in [0.29, 0.717) is 23.8 Å². The average Bonchev–Trinajstić information content (AvgIpc) is 2.42. The second-order valence-electron chi connectivity index (χ2n) is 3.66. The second kappa shape index (κ2) is 6.12. The van der Waals surface area contributed by atoms with E-state index < -0.39 is 0 Å². The number of aromatic nitrogens is 2. The molecule has 0 aliphatic carbocycles. The Morgan fingerprint density at radius 1 is 1.17 bits per heavy atom. The number of rotatable bonds is 5. The highest BCUT2D eigenvalue weighted by Gasteiger charge is 2.06. The van der Waals surface area contributed by atoms with Crippen LogP contribution in [0.15, 0.2) is 42.7 Å². The third-order valence-electron chi connectivity index (χ3n) is 2.38. The van der Waals surface area contributed by atoms with Crippen LogP contribution in [0.4, 0.5) is 5.69 Å². The molecule has 2 aromatic heterocycles. The molecule has 0 spiro atoms. The largest absolute Gasteiger partial charge is 0.382 e. The van der Waals surface area contributed by atoms with Gasteiger partial charge < -0.3 is 5.32 Å². The van der Waals surface area contributed by atoms with Crippen LogP contribution in [0.1, 0.15) is 16.9 Å². The summed E-state index contributed by atoms with van der Waals surface area (Å²) in [5.41, 5.74) is 1.21. The lowest BCUT2D eigenvalue weighted by molar-refractivity contribution is 0.0982. The van der Waals surface area contributed by atoms with E-state index in [9.17, 15) is 4.79 Å². The first-order chi connectivity index (χ1) is 8.77. The number of carbonyl (C=O) groups is 1. The number of nitrogens with zero attached hydrogens (tertiary/aromatic N) is 2. The Labute approximate surface area is 110 Å². The molecule has 0 saturated heterocycles. The molecule has 18 heavy (non-hydrogen) atoms. The van der Waals surface area contributed by atoms with Gasteiger partial charge in [-0.1, -0.05) is 17.7 Å². The Morgan fingerprint density at radius 2 is 2.00 bits per heavy atom. The van der Waals surface area contributed by atoms with Gasteiger partial charge in [0.05, 0.1) is 5.69 Å². The number of nitrogens with one attached hydrogen (secondary N) is 1. The number of halogens is 1. The summed E-state index contributed by atoms with van der Waals surface area (Å²) in [4.78, 5) is 19.7. The van der Waals surface area contributed by atoms with Crippen LogP contribution in [0.25, 0.3) is 0 Å². The van der Waals surface area contributed by atoms with Gasteiger partial charge in [-0.15, -0.1) is 0 Å². The molecule has 0 aromatic carbocycles. The molecule has 0 bridgehead atoms. The molecule has 5 heteroatoms. The van der Waals surface area contributed by atoms with Crippen molar-refractivity contribution >= 4 is 23.1 Å². The van der Waals surface area contributed by atoms with Gasteiger partial charge in [-0.05, 0) is 24.3 Å². The number of ketones is 1. The molecule has 1 N–H and O–H groups in total. The minimum Gasteiger partial charge on any atom is -0.382 e. The van der Waals surface area contributed by atoms with Gasteiger partial charge in [-0.25, -0.2) is 4.98 Å². The first-order valence-electron chi connectivity index (χ1n) is 5.56. The maximum Gasteiger partial charge on any atom is 0.182 e. The summed E-state index contributed by atoms with van der Waals surface area (Å²) in [6.07, 6.45) is 3.59. The van der Waals surface area contributed by atoms with Crippen molar-refractivity contribution in [1.29, 1.82) is 0 Å². The Bertz CT molecular complexity index is 531. The van der Waals surface area contributed by atoms with Crippen LogP contribution < -0.4 is 5.32 Å². The van der Waals surface area contributed by atoms with Crippen molar-refractivity contribution in [3.8, 4) is 0 Å². The quantitative estimate of drug-likeness (QED) is 0.664. The van der Waals surface area contributed by atoms with Crippen molar-refractivity contribution in [2.75, 3.05) is 11.9 Å². The van der Waals surface area contributed by atoms with Crippen LogP contribution in [0, 0.1) is 0 Å². The number of pyridine rings is 2. The van der Waals surface area contributed by atoms with E-state index in [4.69, 9.17) is 11.6 Å². The van der Waals surface area contributed by atoms with Gasteiger partial charge >= 0.3 is 0 Å². The molecule has 0 fully saturated rings. The van der Waals surface area contributed by atoms with Crippen molar-refractivity contribution in [3.05, 3.63) is 53.6 Å². The van der Waals surface area contributed by atoms with Crippen LogP contribution in [0.3, 0.4) is 0 Å². The third-order valence-corrected chi connectivity index (χ3v) is 2.68. The fourth-order valence-corrected chi connectivity index (χ4v) is 1.67. The van der Waals surface area contributed by atoms with Gasteiger partial charge in [-0.2, -0.15) is 0 Å². The molecule has 0 amide bonds. The molecule has 0 aliphatic rings. The number of hydrogen-bond acceptors (Lipinski definition) is 4. The lowest BCUT2D eigenvalue weighted by Crippen LogP contribution is -2.10. The topological polar surface area (TPSA) is 54.9 Å². The second-order valence-corrected chi connectivity index (χ2v) is 4.01. The molecule has 0 atom stereocenters. The zero-order valence-corrected chi connectivity index (χ0v) is 10.4. The summed E-state index contributed by atoms with van der Waals surface area (Å²) in [5, 5.41) is 3.48. The van der Waals surface area contributed by atoms with Gasteiger partial charge in [0, 0.05) is 25.4 Å². The van der Waals surface area contributed by atoms with Gasteiger partial charge in [0.2, 0.25) is 0 Å². The summed E-state index contributed by atoms with van der Waals surface area (Å²) in [6, 6.07) is 8.89. The fraction of sp³-hybridized carbons (Fsp3) is 0.154. The molecule has 2 rings (SSSR count). The molecule has 4 nitrogen and oxygen atoms in total. The van der Waals surface area contributed by atoms with Crippen LogP contribution in [-0.4, -0.2) is 22.3 Å². The predicted octanol–water partition coefficient (Wildman–Crippen LogP) is 2.81. The number of anilines is 1. The fourth-order valence-electron chi connectivity index (χ4n) is 1.48. The summed E-state index contributed by atoms with van der Waals surface area (Å²) < 4.78 is 0. The first kappa shape index (κ1) is 12.5. The van der Waals surface area contributed by atoms with E-state index in [1.54, 1.807) is 36.7 Å². The summed E-state index contributed by atoms with van der Waals surface area (Å²) in [5.74, 6) is 0.00288. The van der Waals surface area contributed by atoms with Crippen LogP contribution in [-0.2, 0) is 0 Å². The van der Waals surface area contributed by atoms with E-state index in [-0.39, 0.29) is 5.78 Å². The van der Waals surface area contributed by atoms with Crippen LogP contribution >= 0.6 is 11.6 Å². The Hall–Kier alpha value is -1.94. The number of Topliss-reactive ketones (excluding diaryl/α,β-unsaturated/α-hetero) is 1. The van der Waals surface area contributed by atoms with Crippen molar-refractivity contribution in [1.82, 2.24) is 9.97 Å². The average molecular weight is 262 g/mol. The lowest BCUT2D eigenvalue weighted by atomic mass is 10.2. The van der Waals surface area contributed by atoms with E-state index in [0.717, 1.165) is 5.69 Å². The zero-order chi connectivity index (χ0) is 12.8. The summed E-state index contributed by atoms with van der Waals surface area (Å²) >= 11 is 5.89. The van der Waals surface area contributed by atoms with E-state index in [1.165, 1.54) is 0 Å². The monoisotopic (exact) mass is 261 g/mol. The Balaban J connectivity index is 1.86. The highest BCUT2D eigenvalue weighted by Crippen LogP contribution is 2.17. The summed E-state index contributed by atoms with van der Waals surface area (Å²) in [6.45, 7) is 0.501. The zero-order valence-electron chi connectivity index (χ0n) is 9.64. The Morgan fingerprint density at radius 3 is 2.72 bits per heavy atom. The van der Waals surface area contributed by atoms with Gasteiger partial charge in [0.15, 0.2) is 10.9 Å². The van der Waals surface area contributed by atoms with E-state index in [2.05, 4.69) is 15.3 Å². The van der Waals surface area contributed by atoms with Gasteiger partial charge in [-0.3, -0.25) is 9.78 Å². The van der Waals surface area contributed by atoms with Crippen molar-refractivity contribution in [3.63, 3.8) is 0 Å². The highest BCUT2D eigenvalue weighted by molar-refractivity contribution is 6.31. The standard InChI is InChI=1S/C13H12ClN3O/c14-13-11(5-3-8-17-13)16-9-6-12(18)10-4-1-2-7-15-10/h1-5,7-8,16H,6,9H2. The SMILES string of the molecule is O=C(CCNc1cccnc1Cl)c1ccccn1. The maximum atomic E-state index is 11.8. The maximum absolute atomic E-state index is 11.8. The smallest absolute Gasteiger partial charge is 0.182 e. The highest BCUT2D eigenvalue weighted by atomic mass is 35.5. The molecular formula is C13H12ClN3O. The minimum atomic E-state index is 0.00288. The third kappa shape index (κ3) is 3.28. The lowest BCUT2D eigenvalue weighted by Gasteiger charge is -2.06.